The van der Waals surface area contributed by atoms with Gasteiger partial charge < -0.3 is 10.2 Å². The molecule has 13 heavy (non-hydrogen) atoms. The Bertz CT molecular complexity index is 343. The van der Waals surface area contributed by atoms with Crippen LogP contribution in [0.5, 0.6) is 5.75 Å². The van der Waals surface area contributed by atoms with E-state index >= 15 is 0 Å². The number of carbonyl (C=O) groups excluding carboxylic acids is 1. The Hall–Kier alpha value is -1.35. The van der Waals surface area contributed by atoms with Gasteiger partial charge in [-0.25, -0.2) is 0 Å². The van der Waals surface area contributed by atoms with Crippen molar-refractivity contribution in [1.29, 1.82) is 0 Å². The van der Waals surface area contributed by atoms with Crippen molar-refractivity contribution < 1.29 is 15.0 Å². The summed E-state index contributed by atoms with van der Waals surface area (Å²) in [7, 11) is 0. The molecule has 0 amide bonds. The van der Waals surface area contributed by atoms with Crippen LogP contribution >= 0.6 is 0 Å². The maximum Gasteiger partial charge on any atom is 0.154 e. The second-order valence-corrected chi connectivity index (χ2v) is 3.01. The summed E-state index contributed by atoms with van der Waals surface area (Å²) in [6, 6.07) is 1.49. The molecule has 70 valence electrons. The van der Waals surface area contributed by atoms with Crippen molar-refractivity contribution in [3.8, 4) is 5.75 Å². The van der Waals surface area contributed by atoms with E-state index in [-0.39, 0.29) is 17.9 Å². The molecule has 1 rings (SSSR count). The van der Waals surface area contributed by atoms with Crippen molar-refractivity contribution in [2.24, 2.45) is 0 Å². The van der Waals surface area contributed by atoms with E-state index in [9.17, 15) is 9.90 Å². The molecule has 1 aromatic carbocycles. The summed E-state index contributed by atoms with van der Waals surface area (Å²) < 4.78 is 0. The third kappa shape index (κ3) is 1.55. The van der Waals surface area contributed by atoms with Crippen molar-refractivity contribution in [1.82, 2.24) is 0 Å². The molecule has 0 radical (unpaired) electrons. The van der Waals surface area contributed by atoms with Gasteiger partial charge in [-0.2, -0.15) is 0 Å². The molecule has 0 aliphatic rings. The number of rotatable bonds is 2. The van der Waals surface area contributed by atoms with Crippen LogP contribution in [0.3, 0.4) is 0 Å². The first kappa shape index (κ1) is 9.74. The van der Waals surface area contributed by atoms with Crippen molar-refractivity contribution in [3.63, 3.8) is 0 Å². The van der Waals surface area contributed by atoms with Crippen molar-refractivity contribution >= 4 is 6.29 Å². The van der Waals surface area contributed by atoms with Crippen molar-refractivity contribution in [3.05, 3.63) is 28.3 Å². The van der Waals surface area contributed by atoms with Gasteiger partial charge in [0.1, 0.15) is 5.75 Å². The van der Waals surface area contributed by atoms with Crippen LogP contribution in [0.1, 0.15) is 27.0 Å². The number of carbonyl (C=O) groups is 1. The molecule has 1 aromatic rings. The Balaban J connectivity index is 3.47. The highest BCUT2D eigenvalue weighted by Crippen LogP contribution is 2.25. The topological polar surface area (TPSA) is 57.5 Å². The maximum atomic E-state index is 10.6. The Kier molecular flexibility index (Phi) is 2.68. The van der Waals surface area contributed by atoms with E-state index in [2.05, 4.69) is 0 Å². The molecule has 2 N–H and O–H groups in total. The van der Waals surface area contributed by atoms with Gasteiger partial charge >= 0.3 is 0 Å². The molecule has 3 nitrogen and oxygen atoms in total. The predicted octanol–water partition coefficient (Wildman–Crippen LogP) is 1.31. The standard InChI is InChI=1S/C10H12O3/c1-6-3-10(13)9(5-12)7(2)8(6)4-11/h3,5,11,13H,4H2,1-2H3. The Labute approximate surface area is 76.6 Å². The largest absolute Gasteiger partial charge is 0.507 e. The van der Waals surface area contributed by atoms with Crippen molar-refractivity contribution in [2.75, 3.05) is 0 Å². The van der Waals surface area contributed by atoms with Gasteiger partial charge in [0.15, 0.2) is 6.29 Å². The highest BCUT2D eigenvalue weighted by molar-refractivity contribution is 5.82. The fraction of sp³-hybridized carbons (Fsp3) is 0.300. The van der Waals surface area contributed by atoms with Crippen LogP contribution in [0.25, 0.3) is 0 Å². The lowest BCUT2D eigenvalue weighted by Gasteiger charge is -2.10. The summed E-state index contributed by atoms with van der Waals surface area (Å²) in [4.78, 5) is 10.6. The number of benzene rings is 1. The molecule has 0 bridgehead atoms. The van der Waals surface area contributed by atoms with Gasteiger partial charge in [0.05, 0.1) is 12.2 Å². The molecule has 0 saturated carbocycles. The lowest BCUT2D eigenvalue weighted by Crippen LogP contribution is -1.98. The fourth-order valence-electron chi connectivity index (χ4n) is 1.41. The third-order valence-electron chi connectivity index (χ3n) is 2.24. The monoisotopic (exact) mass is 180 g/mol. The van der Waals surface area contributed by atoms with Gasteiger partial charge in [-0.3, -0.25) is 4.79 Å². The minimum Gasteiger partial charge on any atom is -0.507 e. The number of aliphatic hydroxyl groups excluding tert-OH is 1. The molecule has 0 aliphatic heterocycles. The van der Waals surface area contributed by atoms with Gasteiger partial charge in [-0.05, 0) is 36.6 Å². The second kappa shape index (κ2) is 3.58. The maximum absolute atomic E-state index is 10.6. The third-order valence-corrected chi connectivity index (χ3v) is 2.24. The van der Waals surface area contributed by atoms with E-state index in [4.69, 9.17) is 5.11 Å². The average Bonchev–Trinajstić information content (AvgIpc) is 2.04. The van der Waals surface area contributed by atoms with E-state index in [0.717, 1.165) is 5.56 Å². The molecule has 0 heterocycles. The van der Waals surface area contributed by atoms with Gasteiger partial charge in [0, 0.05) is 0 Å². The van der Waals surface area contributed by atoms with E-state index in [1.165, 1.54) is 6.07 Å². The quantitative estimate of drug-likeness (QED) is 0.675. The van der Waals surface area contributed by atoms with Crippen LogP contribution in [0.2, 0.25) is 0 Å². The minimum absolute atomic E-state index is 0.0257. The SMILES string of the molecule is Cc1cc(O)c(C=O)c(C)c1CO. The van der Waals surface area contributed by atoms with E-state index < -0.39 is 0 Å². The predicted molar refractivity (Wildman–Crippen MR) is 48.9 cm³/mol. The molecule has 0 spiro atoms. The van der Waals surface area contributed by atoms with Gasteiger partial charge in [-0.15, -0.1) is 0 Å². The zero-order valence-electron chi connectivity index (χ0n) is 7.66. The Morgan fingerprint density at radius 1 is 1.46 bits per heavy atom. The number of aromatic hydroxyl groups is 1. The van der Waals surface area contributed by atoms with E-state index in [1.807, 2.05) is 0 Å². The van der Waals surface area contributed by atoms with Crippen LogP contribution in [0.15, 0.2) is 6.07 Å². The zero-order chi connectivity index (χ0) is 10.0. The Morgan fingerprint density at radius 3 is 2.54 bits per heavy atom. The summed E-state index contributed by atoms with van der Waals surface area (Å²) >= 11 is 0. The van der Waals surface area contributed by atoms with E-state index in [0.29, 0.717) is 17.4 Å². The smallest absolute Gasteiger partial charge is 0.154 e. The summed E-state index contributed by atoms with van der Waals surface area (Å²) in [5.41, 5.74) is 2.41. The zero-order valence-corrected chi connectivity index (χ0v) is 7.66. The summed E-state index contributed by atoms with van der Waals surface area (Å²) in [5, 5.41) is 18.4. The lowest BCUT2D eigenvalue weighted by atomic mass is 9.98. The molecular weight excluding hydrogens is 168 g/mol. The number of phenols is 1. The summed E-state index contributed by atoms with van der Waals surface area (Å²) in [5.74, 6) is -0.0257. The highest BCUT2D eigenvalue weighted by Gasteiger charge is 2.10. The fourth-order valence-corrected chi connectivity index (χ4v) is 1.41. The number of hydrogen-bond donors (Lipinski definition) is 2. The van der Waals surface area contributed by atoms with Crippen LogP contribution in [0.4, 0.5) is 0 Å². The van der Waals surface area contributed by atoms with Gasteiger partial charge in [0.2, 0.25) is 0 Å². The molecule has 0 aromatic heterocycles. The molecule has 0 aliphatic carbocycles. The van der Waals surface area contributed by atoms with E-state index in [1.54, 1.807) is 13.8 Å². The van der Waals surface area contributed by atoms with Crippen LogP contribution in [-0.4, -0.2) is 16.5 Å². The second-order valence-electron chi connectivity index (χ2n) is 3.01. The first-order valence-electron chi connectivity index (χ1n) is 4.00. The molecule has 3 heteroatoms. The average molecular weight is 180 g/mol. The molecular formula is C10H12O3. The van der Waals surface area contributed by atoms with Crippen LogP contribution in [-0.2, 0) is 6.61 Å². The normalized spacial score (nSPS) is 10.1. The summed E-state index contributed by atoms with van der Waals surface area (Å²) in [6.45, 7) is 3.38. The highest BCUT2D eigenvalue weighted by atomic mass is 16.3. The van der Waals surface area contributed by atoms with Gasteiger partial charge in [0.25, 0.3) is 0 Å². The summed E-state index contributed by atoms with van der Waals surface area (Å²) in [6.07, 6.45) is 0.600. The molecule has 0 saturated heterocycles. The first-order chi connectivity index (χ1) is 6.11. The van der Waals surface area contributed by atoms with Crippen molar-refractivity contribution in [2.45, 2.75) is 20.5 Å². The number of hydrogen-bond acceptors (Lipinski definition) is 3. The number of aryl methyl sites for hydroxylation is 1. The number of aldehydes is 1. The molecule has 0 fully saturated rings. The number of aliphatic hydroxyl groups is 1. The molecule has 0 atom stereocenters. The van der Waals surface area contributed by atoms with Gasteiger partial charge in [-0.1, -0.05) is 0 Å². The number of phenolic OH excluding ortho intramolecular Hbond substituents is 1. The van der Waals surface area contributed by atoms with Crippen LogP contribution < -0.4 is 0 Å². The minimum atomic E-state index is -0.112. The Morgan fingerprint density at radius 2 is 2.08 bits per heavy atom. The van der Waals surface area contributed by atoms with Crippen LogP contribution in [0, 0.1) is 13.8 Å². The lowest BCUT2D eigenvalue weighted by molar-refractivity contribution is 0.112. The molecule has 0 unspecified atom stereocenters. The first-order valence-corrected chi connectivity index (χ1v) is 4.00.